The maximum Gasteiger partial charge on any atom is 0.127 e. The Kier molecular flexibility index (Phi) is 5.98. The van der Waals surface area contributed by atoms with E-state index in [1.54, 1.807) is 0 Å². The largest absolute Gasteiger partial charge is 0.493 e. The van der Waals surface area contributed by atoms with E-state index in [-0.39, 0.29) is 0 Å². The molecule has 1 rings (SSSR count). The van der Waals surface area contributed by atoms with E-state index >= 15 is 0 Å². The van der Waals surface area contributed by atoms with Gasteiger partial charge in [0.1, 0.15) is 5.75 Å². The van der Waals surface area contributed by atoms with Gasteiger partial charge in [-0.25, -0.2) is 0 Å². The SMILES string of the molecule is CCCOc1cc(C)ncc1CNCC(C)C. The minimum Gasteiger partial charge on any atom is -0.493 e. The molecule has 0 amide bonds. The Labute approximate surface area is 105 Å². The third-order valence-electron chi connectivity index (χ3n) is 2.41. The Bertz CT molecular complexity index is 337. The average Bonchev–Trinajstić information content (AvgIpc) is 2.28. The van der Waals surface area contributed by atoms with Crippen LogP contribution in [-0.2, 0) is 6.54 Å². The molecule has 0 aliphatic rings. The van der Waals surface area contributed by atoms with Gasteiger partial charge in [0, 0.05) is 30.1 Å². The van der Waals surface area contributed by atoms with Gasteiger partial charge in [-0.15, -0.1) is 0 Å². The molecule has 0 unspecified atom stereocenters. The Morgan fingerprint density at radius 1 is 1.41 bits per heavy atom. The molecule has 0 saturated heterocycles. The average molecular weight is 236 g/mol. The smallest absolute Gasteiger partial charge is 0.127 e. The molecule has 96 valence electrons. The van der Waals surface area contributed by atoms with Gasteiger partial charge in [0.2, 0.25) is 0 Å². The van der Waals surface area contributed by atoms with Crippen LogP contribution in [0.1, 0.15) is 38.4 Å². The van der Waals surface area contributed by atoms with E-state index in [9.17, 15) is 0 Å². The summed E-state index contributed by atoms with van der Waals surface area (Å²) in [7, 11) is 0. The Hall–Kier alpha value is -1.09. The molecule has 0 atom stereocenters. The predicted octanol–water partition coefficient (Wildman–Crippen LogP) is 2.92. The normalized spacial score (nSPS) is 10.9. The van der Waals surface area contributed by atoms with Crippen LogP contribution in [0.3, 0.4) is 0 Å². The fourth-order valence-electron chi connectivity index (χ4n) is 1.54. The Morgan fingerprint density at radius 3 is 2.82 bits per heavy atom. The Morgan fingerprint density at radius 2 is 2.18 bits per heavy atom. The fraction of sp³-hybridized carbons (Fsp3) is 0.643. The van der Waals surface area contributed by atoms with Crippen LogP contribution in [0.2, 0.25) is 0 Å². The van der Waals surface area contributed by atoms with Crippen LogP contribution in [0.4, 0.5) is 0 Å². The second kappa shape index (κ2) is 7.28. The topological polar surface area (TPSA) is 34.1 Å². The lowest BCUT2D eigenvalue weighted by Gasteiger charge is -2.13. The van der Waals surface area contributed by atoms with Crippen molar-refractivity contribution < 1.29 is 4.74 Å². The highest BCUT2D eigenvalue weighted by Crippen LogP contribution is 2.18. The molecule has 0 aliphatic heterocycles. The molecule has 0 fully saturated rings. The van der Waals surface area contributed by atoms with E-state index in [2.05, 4.69) is 31.1 Å². The first-order valence-corrected chi connectivity index (χ1v) is 6.42. The summed E-state index contributed by atoms with van der Waals surface area (Å²) >= 11 is 0. The number of pyridine rings is 1. The van der Waals surface area contributed by atoms with Crippen molar-refractivity contribution in [1.82, 2.24) is 10.3 Å². The summed E-state index contributed by atoms with van der Waals surface area (Å²) < 4.78 is 5.74. The summed E-state index contributed by atoms with van der Waals surface area (Å²) in [5.41, 5.74) is 2.15. The van der Waals surface area contributed by atoms with Gasteiger partial charge < -0.3 is 10.1 Å². The molecule has 1 aromatic rings. The van der Waals surface area contributed by atoms with Crippen LogP contribution >= 0.6 is 0 Å². The predicted molar refractivity (Wildman–Crippen MR) is 71.3 cm³/mol. The zero-order chi connectivity index (χ0) is 12.7. The monoisotopic (exact) mass is 236 g/mol. The summed E-state index contributed by atoms with van der Waals surface area (Å²) in [6, 6.07) is 2.02. The quantitative estimate of drug-likeness (QED) is 0.790. The van der Waals surface area contributed by atoms with Crippen LogP contribution in [0.25, 0.3) is 0 Å². The molecule has 0 aliphatic carbocycles. The molecule has 1 heterocycles. The van der Waals surface area contributed by atoms with Crippen LogP contribution in [0.15, 0.2) is 12.3 Å². The van der Waals surface area contributed by atoms with E-state index in [0.717, 1.165) is 43.1 Å². The fourth-order valence-corrected chi connectivity index (χ4v) is 1.54. The number of nitrogens with one attached hydrogen (secondary N) is 1. The van der Waals surface area contributed by atoms with Crippen LogP contribution in [-0.4, -0.2) is 18.1 Å². The van der Waals surface area contributed by atoms with Crippen molar-refractivity contribution in [2.24, 2.45) is 5.92 Å². The maximum atomic E-state index is 5.74. The minimum absolute atomic E-state index is 0.661. The van der Waals surface area contributed by atoms with Gasteiger partial charge >= 0.3 is 0 Å². The third-order valence-corrected chi connectivity index (χ3v) is 2.41. The van der Waals surface area contributed by atoms with Crippen LogP contribution in [0, 0.1) is 12.8 Å². The van der Waals surface area contributed by atoms with Gasteiger partial charge in [-0.1, -0.05) is 20.8 Å². The minimum atomic E-state index is 0.661. The third kappa shape index (κ3) is 5.18. The van der Waals surface area contributed by atoms with Crippen LogP contribution in [0.5, 0.6) is 5.75 Å². The van der Waals surface area contributed by atoms with Crippen molar-refractivity contribution in [3.63, 3.8) is 0 Å². The second-order valence-electron chi connectivity index (χ2n) is 4.81. The van der Waals surface area contributed by atoms with Gasteiger partial charge in [0.05, 0.1) is 6.61 Å². The van der Waals surface area contributed by atoms with Crippen molar-refractivity contribution in [3.8, 4) is 5.75 Å². The summed E-state index contributed by atoms with van der Waals surface area (Å²) in [6.45, 7) is 11.1. The maximum absolute atomic E-state index is 5.74. The molecule has 17 heavy (non-hydrogen) atoms. The van der Waals surface area contributed by atoms with Crippen molar-refractivity contribution in [2.75, 3.05) is 13.2 Å². The number of aryl methyl sites for hydroxylation is 1. The number of hydrogen-bond acceptors (Lipinski definition) is 3. The van der Waals surface area contributed by atoms with E-state index in [0.29, 0.717) is 5.92 Å². The first-order chi connectivity index (χ1) is 8.13. The number of nitrogens with zero attached hydrogens (tertiary/aromatic N) is 1. The van der Waals surface area contributed by atoms with Gasteiger partial charge in [0.15, 0.2) is 0 Å². The van der Waals surface area contributed by atoms with E-state index in [1.807, 2.05) is 19.2 Å². The van der Waals surface area contributed by atoms with Gasteiger partial charge in [-0.3, -0.25) is 4.98 Å². The zero-order valence-electron chi connectivity index (χ0n) is 11.4. The number of hydrogen-bond donors (Lipinski definition) is 1. The van der Waals surface area contributed by atoms with Gasteiger partial charge in [0.25, 0.3) is 0 Å². The summed E-state index contributed by atoms with van der Waals surface area (Å²) in [4.78, 5) is 4.33. The lowest BCUT2D eigenvalue weighted by molar-refractivity contribution is 0.312. The second-order valence-corrected chi connectivity index (χ2v) is 4.81. The van der Waals surface area contributed by atoms with Crippen molar-refractivity contribution >= 4 is 0 Å². The molecule has 1 aromatic heterocycles. The van der Waals surface area contributed by atoms with Crippen molar-refractivity contribution in [3.05, 3.63) is 23.5 Å². The highest BCUT2D eigenvalue weighted by molar-refractivity contribution is 5.32. The lowest BCUT2D eigenvalue weighted by Crippen LogP contribution is -2.19. The molecule has 3 nitrogen and oxygen atoms in total. The van der Waals surface area contributed by atoms with Gasteiger partial charge in [-0.05, 0) is 25.8 Å². The Balaban J connectivity index is 2.62. The van der Waals surface area contributed by atoms with Crippen molar-refractivity contribution in [1.29, 1.82) is 0 Å². The standard InChI is InChI=1S/C14H24N2O/c1-5-6-17-14-7-12(4)16-10-13(14)9-15-8-11(2)3/h7,10-11,15H,5-6,8-9H2,1-4H3. The molecule has 0 radical (unpaired) electrons. The number of ether oxygens (including phenoxy) is 1. The first-order valence-electron chi connectivity index (χ1n) is 6.42. The molecule has 0 bridgehead atoms. The number of aromatic nitrogens is 1. The molecule has 0 spiro atoms. The van der Waals surface area contributed by atoms with E-state index in [4.69, 9.17) is 4.74 Å². The van der Waals surface area contributed by atoms with E-state index in [1.165, 1.54) is 0 Å². The van der Waals surface area contributed by atoms with Crippen molar-refractivity contribution in [2.45, 2.75) is 40.7 Å². The molecular weight excluding hydrogens is 212 g/mol. The van der Waals surface area contributed by atoms with Crippen LogP contribution < -0.4 is 10.1 Å². The number of rotatable bonds is 7. The molecule has 3 heteroatoms. The summed E-state index contributed by atoms with van der Waals surface area (Å²) in [5.74, 6) is 1.63. The molecule has 1 N–H and O–H groups in total. The summed E-state index contributed by atoms with van der Waals surface area (Å²) in [6.07, 6.45) is 2.94. The molecule has 0 aromatic carbocycles. The molecule has 0 saturated carbocycles. The highest BCUT2D eigenvalue weighted by atomic mass is 16.5. The lowest BCUT2D eigenvalue weighted by atomic mass is 10.2. The zero-order valence-corrected chi connectivity index (χ0v) is 11.4. The summed E-state index contributed by atoms with van der Waals surface area (Å²) in [5, 5.41) is 3.42. The van der Waals surface area contributed by atoms with Gasteiger partial charge in [-0.2, -0.15) is 0 Å². The van der Waals surface area contributed by atoms with E-state index < -0.39 is 0 Å². The molecular formula is C14H24N2O. The first kappa shape index (κ1) is 14.0. The highest BCUT2D eigenvalue weighted by Gasteiger charge is 2.05.